The van der Waals surface area contributed by atoms with Gasteiger partial charge in [-0.05, 0) is 98.2 Å². The van der Waals surface area contributed by atoms with E-state index >= 15 is 0 Å². The topological polar surface area (TPSA) is 29.5 Å². The zero-order valence-corrected chi connectivity index (χ0v) is 35.5. The Morgan fingerprint density at radius 3 is 1.16 bits per heavy atom. The van der Waals surface area contributed by atoms with Crippen molar-refractivity contribution in [3.05, 3.63) is 63.2 Å². The molecule has 284 valence electrons. The van der Waals surface area contributed by atoms with Crippen molar-refractivity contribution in [3.63, 3.8) is 0 Å². The number of unbranched alkanes of at least 4 members (excludes halogenated alkanes) is 16. The van der Waals surface area contributed by atoms with Gasteiger partial charge in [0.15, 0.2) is 0 Å². The van der Waals surface area contributed by atoms with Crippen molar-refractivity contribution in [2.24, 2.45) is 11.8 Å². The van der Waals surface area contributed by atoms with Gasteiger partial charge in [0, 0.05) is 10.2 Å². The van der Waals surface area contributed by atoms with Gasteiger partial charge < -0.3 is 9.84 Å². The molecule has 0 aromatic heterocycles. The minimum atomic E-state index is 0.404. The van der Waals surface area contributed by atoms with Gasteiger partial charge >= 0.3 is 0 Å². The van der Waals surface area contributed by atoms with Crippen molar-refractivity contribution in [1.29, 1.82) is 0 Å². The maximum Gasteiger partial charge on any atom is 0.119 e. The van der Waals surface area contributed by atoms with Gasteiger partial charge in [0.1, 0.15) is 5.75 Å². The smallest absolute Gasteiger partial charge is 0.119 e. The second-order valence-corrected chi connectivity index (χ2v) is 15.9. The fourth-order valence-electron chi connectivity index (χ4n) is 6.17. The van der Waals surface area contributed by atoms with Crippen LogP contribution in [0.15, 0.2) is 48.5 Å². The molecule has 0 radical (unpaired) electrons. The van der Waals surface area contributed by atoms with Crippen LogP contribution < -0.4 is 4.74 Å². The Labute approximate surface area is 320 Å². The van der Waals surface area contributed by atoms with Crippen LogP contribution in [-0.2, 0) is 0 Å². The first kappa shape index (κ1) is 47.9. The summed E-state index contributed by atoms with van der Waals surface area (Å²) in [6.07, 6.45) is 32.5. The van der Waals surface area contributed by atoms with Gasteiger partial charge in [-0.1, -0.05) is 192 Å². The Kier molecular flexibility index (Phi) is 35.9. The molecule has 3 heteroatoms. The maximum atomic E-state index is 9.32. The van der Waals surface area contributed by atoms with E-state index in [0.717, 1.165) is 18.3 Å². The van der Waals surface area contributed by atoms with E-state index in [9.17, 15) is 5.11 Å². The number of aliphatic hydroxyl groups is 1. The van der Waals surface area contributed by atoms with Crippen molar-refractivity contribution < 1.29 is 9.84 Å². The number of hydrogen-bond acceptors (Lipinski definition) is 2. The molecule has 0 aliphatic carbocycles. The van der Waals surface area contributed by atoms with E-state index in [1.165, 1.54) is 169 Å². The molecular weight excluding hydrogens is 711 g/mol. The molecule has 1 N–H and O–H groups in total. The molecule has 2 rings (SSSR count). The minimum absolute atomic E-state index is 0.404. The highest BCUT2D eigenvalue weighted by atomic mass is 127. The fraction of sp³-hybridized carbons (Fsp3) is 0.739. The summed E-state index contributed by atoms with van der Waals surface area (Å²) in [5.41, 5.74) is 2.62. The van der Waals surface area contributed by atoms with Crippen LogP contribution >= 0.6 is 22.6 Å². The number of benzene rings is 2. The van der Waals surface area contributed by atoms with Gasteiger partial charge in [0.2, 0.25) is 0 Å². The quantitative estimate of drug-likeness (QED) is 0.0687. The van der Waals surface area contributed by atoms with Crippen molar-refractivity contribution in [2.75, 3.05) is 13.2 Å². The summed E-state index contributed by atoms with van der Waals surface area (Å²) in [7, 11) is 0. The average molecular weight is 793 g/mol. The molecule has 0 heterocycles. The summed E-state index contributed by atoms with van der Waals surface area (Å²) >= 11 is 2.30. The van der Waals surface area contributed by atoms with Crippen LogP contribution in [0.2, 0.25) is 0 Å². The van der Waals surface area contributed by atoms with Crippen LogP contribution in [0.4, 0.5) is 0 Å². The fourth-order valence-corrected chi connectivity index (χ4v) is 6.53. The third kappa shape index (κ3) is 32.6. The Bertz CT molecular complexity index is 889. The van der Waals surface area contributed by atoms with E-state index in [0.29, 0.717) is 12.5 Å². The van der Waals surface area contributed by atoms with Gasteiger partial charge in [-0.25, -0.2) is 0 Å². The molecular formula is C46H81IO2. The number of rotatable bonds is 28. The molecule has 0 aliphatic heterocycles. The summed E-state index contributed by atoms with van der Waals surface area (Å²) < 4.78 is 7.38. The van der Waals surface area contributed by atoms with E-state index in [1.807, 2.05) is 0 Å². The predicted octanol–water partition coefficient (Wildman–Crippen LogP) is 15.6. The third-order valence-corrected chi connectivity index (χ3v) is 10.4. The molecule has 2 unspecified atom stereocenters. The van der Waals surface area contributed by atoms with Crippen molar-refractivity contribution in [3.8, 4) is 5.75 Å². The number of halogens is 1. The first-order valence-corrected chi connectivity index (χ1v) is 22.0. The Balaban J connectivity index is 0.000000794. The lowest BCUT2D eigenvalue weighted by Gasteiger charge is -2.18. The molecule has 0 aliphatic rings. The largest absolute Gasteiger partial charge is 0.493 e. The molecule has 0 bridgehead atoms. The molecule has 2 aromatic rings. The molecule has 2 atom stereocenters. The van der Waals surface area contributed by atoms with Gasteiger partial charge in [-0.15, -0.1) is 0 Å². The summed E-state index contributed by atoms with van der Waals surface area (Å²) in [5.74, 6) is 2.34. The summed E-state index contributed by atoms with van der Waals surface area (Å²) in [5, 5.41) is 9.32. The Morgan fingerprint density at radius 1 is 0.469 bits per heavy atom. The van der Waals surface area contributed by atoms with E-state index < -0.39 is 0 Å². The second-order valence-electron chi connectivity index (χ2n) is 14.6. The van der Waals surface area contributed by atoms with Gasteiger partial charge in [0.25, 0.3) is 0 Å². The highest BCUT2D eigenvalue weighted by molar-refractivity contribution is 14.1. The zero-order chi connectivity index (χ0) is 36.2. The number of aliphatic hydroxyl groups excluding tert-OH is 1. The standard InChI is InChI=1S/C23H40O.C16H34O.C7H7I/c1-4-6-8-10-11-13-15-22(14-12-9-7-5-2)20-24-23-18-16-21(3)17-19-23;1-3-5-7-9-10-12-14-16(15-17)13-11-8-6-4-2;1-6-2-4-7(8)5-3-6/h16-19,22H,4-15,20H2,1-3H3;16-17H,3-15H2,1-2H3;2-5H,1H3. The predicted molar refractivity (Wildman–Crippen MR) is 228 cm³/mol. The summed E-state index contributed by atoms with van der Waals surface area (Å²) in [6.45, 7) is 14.6. The van der Waals surface area contributed by atoms with E-state index in [1.54, 1.807) is 0 Å². The molecule has 0 spiro atoms. The molecule has 2 nitrogen and oxygen atoms in total. The lowest BCUT2D eigenvalue weighted by molar-refractivity contribution is 0.204. The summed E-state index contributed by atoms with van der Waals surface area (Å²) in [4.78, 5) is 0. The SMILES string of the molecule is CCCCCCCCC(CCCCCC)COc1ccc(C)cc1.CCCCCCCCC(CO)CCCCCC.Cc1ccc(I)cc1. The van der Waals surface area contributed by atoms with Crippen molar-refractivity contribution in [2.45, 2.75) is 196 Å². The van der Waals surface area contributed by atoms with Crippen LogP contribution in [-0.4, -0.2) is 18.3 Å². The van der Waals surface area contributed by atoms with E-state index in [-0.39, 0.29) is 0 Å². The van der Waals surface area contributed by atoms with Gasteiger partial charge in [0.05, 0.1) is 6.61 Å². The highest BCUT2D eigenvalue weighted by Crippen LogP contribution is 2.22. The Morgan fingerprint density at radius 2 is 0.796 bits per heavy atom. The van der Waals surface area contributed by atoms with Gasteiger partial charge in [-0.2, -0.15) is 0 Å². The third-order valence-electron chi connectivity index (χ3n) is 9.64. The average Bonchev–Trinajstić information content (AvgIpc) is 3.11. The van der Waals surface area contributed by atoms with Crippen LogP contribution in [0.1, 0.15) is 193 Å². The lowest BCUT2D eigenvalue weighted by Crippen LogP contribution is -2.12. The number of aryl methyl sites for hydroxylation is 2. The van der Waals surface area contributed by atoms with E-state index in [4.69, 9.17) is 4.74 Å². The minimum Gasteiger partial charge on any atom is -0.493 e. The van der Waals surface area contributed by atoms with Crippen LogP contribution in [0, 0.1) is 29.3 Å². The first-order chi connectivity index (χ1) is 23.9. The first-order valence-electron chi connectivity index (χ1n) is 20.9. The molecule has 2 aromatic carbocycles. The number of hydrogen-bond donors (Lipinski definition) is 1. The maximum absolute atomic E-state index is 9.32. The van der Waals surface area contributed by atoms with Crippen LogP contribution in [0.3, 0.4) is 0 Å². The lowest BCUT2D eigenvalue weighted by atomic mass is 9.95. The summed E-state index contributed by atoms with van der Waals surface area (Å²) in [6, 6.07) is 16.9. The number of ether oxygens (including phenoxy) is 1. The van der Waals surface area contributed by atoms with Crippen molar-refractivity contribution >= 4 is 22.6 Å². The molecule has 49 heavy (non-hydrogen) atoms. The Hall–Kier alpha value is -1.07. The van der Waals surface area contributed by atoms with Crippen molar-refractivity contribution in [1.82, 2.24) is 0 Å². The monoisotopic (exact) mass is 793 g/mol. The normalized spacial score (nSPS) is 12.0. The van der Waals surface area contributed by atoms with Gasteiger partial charge in [-0.3, -0.25) is 0 Å². The van der Waals surface area contributed by atoms with Crippen LogP contribution in [0.25, 0.3) is 0 Å². The highest BCUT2D eigenvalue weighted by Gasteiger charge is 2.10. The van der Waals surface area contributed by atoms with E-state index in [2.05, 4.69) is 113 Å². The molecule has 0 fully saturated rings. The molecule has 0 saturated carbocycles. The second kappa shape index (κ2) is 36.7. The molecule has 0 amide bonds. The zero-order valence-electron chi connectivity index (χ0n) is 33.4. The van der Waals surface area contributed by atoms with Crippen LogP contribution in [0.5, 0.6) is 5.75 Å². The molecule has 0 saturated heterocycles.